The number of benzene rings is 1. The van der Waals surface area contributed by atoms with E-state index in [0.717, 1.165) is 6.42 Å². The molecule has 0 aliphatic rings. The van der Waals surface area contributed by atoms with Crippen LogP contribution in [0.4, 0.5) is 5.82 Å². The predicted octanol–water partition coefficient (Wildman–Crippen LogP) is 2.34. The summed E-state index contributed by atoms with van der Waals surface area (Å²) in [6.07, 6.45) is 2.51. The van der Waals surface area contributed by atoms with Crippen LogP contribution in [-0.2, 0) is 0 Å². The molecular formula is C16H17N5O2. The molecule has 1 aromatic carbocycles. The lowest BCUT2D eigenvalue weighted by atomic mass is 10.2. The lowest BCUT2D eigenvalue weighted by Gasteiger charge is -2.14. The normalized spacial score (nSPS) is 12.3. The Hall–Kier alpha value is -2.96. The molecule has 0 saturated carbocycles. The first-order valence-electron chi connectivity index (χ1n) is 7.44. The zero-order chi connectivity index (χ0) is 16.4. The number of para-hydroxylation sites is 1. The van der Waals surface area contributed by atoms with Crippen molar-refractivity contribution in [1.29, 1.82) is 0 Å². The zero-order valence-corrected chi connectivity index (χ0v) is 12.9. The standard InChI is InChI=1S/C16H17N5O2/c1-3-10(2)21-13(8-9-17-21)19-16(23)14-18-12-7-5-4-6-11(12)15(22)20-14/h4-10H,3H2,1-2H3,(H,19,23)(H,18,20,22). The first-order valence-corrected chi connectivity index (χ1v) is 7.44. The molecular weight excluding hydrogens is 294 g/mol. The molecule has 1 unspecified atom stereocenters. The summed E-state index contributed by atoms with van der Waals surface area (Å²) in [5, 5.41) is 7.41. The highest BCUT2D eigenvalue weighted by Gasteiger charge is 2.15. The lowest BCUT2D eigenvalue weighted by Crippen LogP contribution is -2.23. The number of anilines is 1. The van der Waals surface area contributed by atoms with Gasteiger partial charge in [0.15, 0.2) is 5.82 Å². The Balaban J connectivity index is 1.93. The zero-order valence-electron chi connectivity index (χ0n) is 12.9. The van der Waals surface area contributed by atoms with E-state index >= 15 is 0 Å². The van der Waals surface area contributed by atoms with Crippen molar-refractivity contribution in [3.05, 3.63) is 52.7 Å². The van der Waals surface area contributed by atoms with Gasteiger partial charge in [-0.15, -0.1) is 0 Å². The molecule has 7 heteroatoms. The Morgan fingerprint density at radius 2 is 2.13 bits per heavy atom. The third-order valence-corrected chi connectivity index (χ3v) is 3.75. The molecule has 0 spiro atoms. The molecule has 0 saturated heterocycles. The number of hydrogen-bond donors (Lipinski definition) is 2. The van der Waals surface area contributed by atoms with Crippen LogP contribution in [0.25, 0.3) is 10.9 Å². The number of nitrogens with one attached hydrogen (secondary N) is 2. The lowest BCUT2D eigenvalue weighted by molar-refractivity contribution is 0.101. The molecule has 0 radical (unpaired) electrons. The fraction of sp³-hybridized carbons (Fsp3) is 0.250. The maximum Gasteiger partial charge on any atom is 0.292 e. The SMILES string of the molecule is CCC(C)n1nccc1NC(=O)c1nc2ccccc2c(=O)[nH]1. The van der Waals surface area contributed by atoms with Gasteiger partial charge in [-0.2, -0.15) is 5.10 Å². The summed E-state index contributed by atoms with van der Waals surface area (Å²) in [5.41, 5.74) is 0.146. The summed E-state index contributed by atoms with van der Waals surface area (Å²) in [6, 6.07) is 8.76. The van der Waals surface area contributed by atoms with Gasteiger partial charge < -0.3 is 10.3 Å². The summed E-state index contributed by atoms with van der Waals surface area (Å²) in [6.45, 7) is 4.05. The molecule has 0 aliphatic heterocycles. The van der Waals surface area contributed by atoms with Crippen LogP contribution in [0.2, 0.25) is 0 Å². The third-order valence-electron chi connectivity index (χ3n) is 3.75. The van der Waals surface area contributed by atoms with E-state index < -0.39 is 5.91 Å². The van der Waals surface area contributed by atoms with Gasteiger partial charge in [0, 0.05) is 6.07 Å². The minimum Gasteiger partial charge on any atom is -0.304 e. The van der Waals surface area contributed by atoms with E-state index in [9.17, 15) is 9.59 Å². The van der Waals surface area contributed by atoms with E-state index in [2.05, 4.69) is 20.4 Å². The number of rotatable bonds is 4. The maximum atomic E-state index is 12.4. The highest BCUT2D eigenvalue weighted by molar-refractivity contribution is 6.02. The van der Waals surface area contributed by atoms with Crippen LogP contribution in [0.1, 0.15) is 36.9 Å². The Bertz CT molecular complexity index is 912. The molecule has 1 atom stereocenters. The number of aromatic nitrogens is 4. The topological polar surface area (TPSA) is 92.7 Å². The fourth-order valence-electron chi connectivity index (χ4n) is 2.31. The molecule has 3 rings (SSSR count). The van der Waals surface area contributed by atoms with Crippen molar-refractivity contribution in [1.82, 2.24) is 19.7 Å². The molecule has 2 heterocycles. The van der Waals surface area contributed by atoms with E-state index in [1.807, 2.05) is 13.8 Å². The van der Waals surface area contributed by atoms with E-state index in [-0.39, 0.29) is 17.4 Å². The van der Waals surface area contributed by atoms with Gasteiger partial charge in [0.1, 0.15) is 5.82 Å². The van der Waals surface area contributed by atoms with Crippen LogP contribution >= 0.6 is 0 Å². The highest BCUT2D eigenvalue weighted by Crippen LogP contribution is 2.17. The van der Waals surface area contributed by atoms with Gasteiger partial charge in [-0.25, -0.2) is 9.67 Å². The van der Waals surface area contributed by atoms with Gasteiger partial charge in [0.25, 0.3) is 11.5 Å². The van der Waals surface area contributed by atoms with Gasteiger partial charge in [-0.1, -0.05) is 19.1 Å². The molecule has 2 aromatic heterocycles. The van der Waals surface area contributed by atoms with Crippen LogP contribution in [0.15, 0.2) is 41.3 Å². The molecule has 3 aromatic rings. The number of amides is 1. The van der Waals surface area contributed by atoms with Crippen molar-refractivity contribution >= 4 is 22.6 Å². The molecule has 23 heavy (non-hydrogen) atoms. The second kappa shape index (κ2) is 6.04. The first-order chi connectivity index (χ1) is 11.1. The number of H-pyrrole nitrogens is 1. The van der Waals surface area contributed by atoms with E-state index in [1.165, 1.54) is 0 Å². The average molecular weight is 311 g/mol. The van der Waals surface area contributed by atoms with Gasteiger partial charge in [-0.3, -0.25) is 9.59 Å². The van der Waals surface area contributed by atoms with Gasteiger partial charge in [0.05, 0.1) is 23.1 Å². The van der Waals surface area contributed by atoms with Crippen molar-refractivity contribution in [2.45, 2.75) is 26.3 Å². The predicted molar refractivity (Wildman–Crippen MR) is 87.5 cm³/mol. The van der Waals surface area contributed by atoms with Crippen molar-refractivity contribution in [3.8, 4) is 0 Å². The van der Waals surface area contributed by atoms with Crippen molar-refractivity contribution in [2.24, 2.45) is 0 Å². The molecule has 0 bridgehead atoms. The highest BCUT2D eigenvalue weighted by atomic mass is 16.2. The van der Waals surface area contributed by atoms with Crippen molar-refractivity contribution in [3.63, 3.8) is 0 Å². The third kappa shape index (κ3) is 2.85. The number of nitrogens with zero attached hydrogens (tertiary/aromatic N) is 3. The summed E-state index contributed by atoms with van der Waals surface area (Å²) in [7, 11) is 0. The Labute approximate surface area is 132 Å². The second-order valence-electron chi connectivity index (χ2n) is 5.30. The van der Waals surface area contributed by atoms with Crippen LogP contribution in [0.3, 0.4) is 0 Å². The molecule has 0 aliphatic carbocycles. The Morgan fingerprint density at radius 3 is 2.91 bits per heavy atom. The summed E-state index contributed by atoms with van der Waals surface area (Å²) >= 11 is 0. The van der Waals surface area contributed by atoms with Crippen molar-refractivity contribution < 1.29 is 4.79 Å². The van der Waals surface area contributed by atoms with Gasteiger partial charge in [0.2, 0.25) is 0 Å². The fourth-order valence-corrected chi connectivity index (χ4v) is 2.31. The van der Waals surface area contributed by atoms with E-state index in [1.54, 1.807) is 41.2 Å². The largest absolute Gasteiger partial charge is 0.304 e. The van der Waals surface area contributed by atoms with Crippen LogP contribution in [-0.4, -0.2) is 25.7 Å². The Kier molecular flexibility index (Phi) is 3.92. The summed E-state index contributed by atoms with van der Waals surface area (Å²) in [5.74, 6) is 0.0728. The quantitative estimate of drug-likeness (QED) is 0.773. The average Bonchev–Trinajstić information content (AvgIpc) is 3.02. The Morgan fingerprint density at radius 1 is 1.35 bits per heavy atom. The monoisotopic (exact) mass is 311 g/mol. The molecule has 118 valence electrons. The molecule has 7 nitrogen and oxygen atoms in total. The molecule has 1 amide bonds. The number of carbonyl (C=O) groups is 1. The minimum atomic E-state index is -0.474. The van der Waals surface area contributed by atoms with Crippen LogP contribution in [0, 0.1) is 0 Å². The second-order valence-corrected chi connectivity index (χ2v) is 5.30. The minimum absolute atomic E-state index is 0.0226. The summed E-state index contributed by atoms with van der Waals surface area (Å²) in [4.78, 5) is 31.2. The molecule has 2 N–H and O–H groups in total. The number of fused-ring (bicyclic) bond motifs is 1. The maximum absolute atomic E-state index is 12.4. The number of carbonyl (C=O) groups excluding carboxylic acids is 1. The van der Waals surface area contributed by atoms with Gasteiger partial charge in [-0.05, 0) is 25.5 Å². The van der Waals surface area contributed by atoms with Crippen LogP contribution in [0.5, 0.6) is 0 Å². The number of hydrogen-bond acceptors (Lipinski definition) is 4. The number of aromatic amines is 1. The first kappa shape index (κ1) is 15.0. The van der Waals surface area contributed by atoms with E-state index in [0.29, 0.717) is 16.7 Å². The van der Waals surface area contributed by atoms with E-state index in [4.69, 9.17) is 0 Å². The van der Waals surface area contributed by atoms with Crippen LogP contribution < -0.4 is 10.9 Å². The van der Waals surface area contributed by atoms with Crippen molar-refractivity contribution in [2.75, 3.05) is 5.32 Å². The summed E-state index contributed by atoms with van der Waals surface area (Å²) < 4.78 is 1.73. The smallest absolute Gasteiger partial charge is 0.292 e. The van der Waals surface area contributed by atoms with Gasteiger partial charge >= 0.3 is 0 Å². The molecule has 0 fully saturated rings.